The minimum atomic E-state index is 0. The molecule has 198 valence electrons. The highest BCUT2D eigenvalue weighted by atomic mass is 35.5. The first-order chi connectivity index (χ1) is 15.7. The van der Waals surface area contributed by atoms with E-state index in [9.17, 15) is 4.79 Å². The molecule has 0 atom stereocenters. The first kappa shape index (κ1) is 34.2. The zero-order valence-electron chi connectivity index (χ0n) is 21.9. The number of amides is 1. The maximum Gasteiger partial charge on any atom is 0.219 e. The van der Waals surface area contributed by atoms with Gasteiger partial charge in [0.25, 0.3) is 0 Å². The molecule has 0 aliphatic carbocycles. The summed E-state index contributed by atoms with van der Waals surface area (Å²) in [7, 11) is 0. The van der Waals surface area contributed by atoms with Crippen molar-refractivity contribution in [1.29, 1.82) is 0 Å². The van der Waals surface area contributed by atoms with Crippen LogP contribution in [0.15, 0.2) is 4.99 Å². The molecule has 0 unspecified atom stereocenters. The highest BCUT2D eigenvalue weighted by Crippen LogP contribution is 2.14. The van der Waals surface area contributed by atoms with Crippen LogP contribution in [0.4, 0.5) is 0 Å². The minimum Gasteiger partial charge on any atom is -0.370 e. The summed E-state index contributed by atoms with van der Waals surface area (Å²) >= 11 is 0. The van der Waals surface area contributed by atoms with Gasteiger partial charge in [0.2, 0.25) is 5.91 Å². The number of carbonyl (C=O) groups is 1. The summed E-state index contributed by atoms with van der Waals surface area (Å²) in [5.41, 5.74) is 10.5. The van der Waals surface area contributed by atoms with E-state index >= 15 is 0 Å². The molecule has 33 heavy (non-hydrogen) atoms. The molecule has 0 aromatic rings. The number of rotatable bonds is 25. The summed E-state index contributed by atoms with van der Waals surface area (Å²) in [6, 6.07) is 0. The van der Waals surface area contributed by atoms with Gasteiger partial charge < -0.3 is 16.8 Å². The van der Waals surface area contributed by atoms with Crippen LogP contribution in [0.25, 0.3) is 0 Å². The Hall–Kier alpha value is -0.970. The van der Waals surface area contributed by atoms with Gasteiger partial charge in [-0.05, 0) is 19.3 Å². The quantitative estimate of drug-likeness (QED) is 0.0709. The number of nitrogens with zero attached hydrogens (tertiary/aromatic N) is 1. The van der Waals surface area contributed by atoms with E-state index in [1.165, 1.54) is 116 Å². The lowest BCUT2D eigenvalue weighted by Gasteiger charge is -2.05. The molecule has 0 saturated heterocycles. The number of guanidine groups is 1. The number of nitrogens with one attached hydrogen (secondary N) is 1. The molecule has 0 fully saturated rings. The van der Waals surface area contributed by atoms with Gasteiger partial charge in [-0.25, -0.2) is 0 Å². The normalized spacial score (nSPS) is 10.6. The van der Waals surface area contributed by atoms with Crippen LogP contribution in [0.5, 0.6) is 0 Å². The minimum absolute atomic E-state index is 0. The molecular formula is C27H57ClN4O. The number of aliphatic imine (C=N–C) groups is 1. The van der Waals surface area contributed by atoms with E-state index in [4.69, 9.17) is 11.5 Å². The SMILES string of the molecule is CCCCCCCCCCCCCCCCCCCCCC(=O)NCCCCN=C(N)N.Cl. The highest BCUT2D eigenvalue weighted by Gasteiger charge is 2.00. The molecule has 0 rings (SSSR count). The Morgan fingerprint density at radius 2 is 1.00 bits per heavy atom. The Balaban J connectivity index is 0. The Bertz CT molecular complexity index is 428. The van der Waals surface area contributed by atoms with E-state index in [1.807, 2.05) is 0 Å². The molecule has 5 nitrogen and oxygen atoms in total. The van der Waals surface area contributed by atoms with Crippen molar-refractivity contribution in [2.45, 2.75) is 148 Å². The maximum absolute atomic E-state index is 11.8. The molecule has 1 amide bonds. The van der Waals surface area contributed by atoms with Crippen molar-refractivity contribution in [1.82, 2.24) is 5.32 Å². The average molecular weight is 489 g/mol. The van der Waals surface area contributed by atoms with E-state index in [0.29, 0.717) is 13.0 Å². The van der Waals surface area contributed by atoms with Crippen LogP contribution >= 0.6 is 12.4 Å². The molecule has 0 aliphatic heterocycles. The molecule has 0 heterocycles. The summed E-state index contributed by atoms with van der Waals surface area (Å²) in [4.78, 5) is 15.7. The number of nitrogens with two attached hydrogens (primary N) is 2. The van der Waals surface area contributed by atoms with Crippen molar-refractivity contribution in [3.05, 3.63) is 0 Å². The molecule has 0 bridgehead atoms. The summed E-state index contributed by atoms with van der Waals surface area (Å²) in [5, 5.41) is 2.98. The van der Waals surface area contributed by atoms with Crippen LogP contribution in [0.2, 0.25) is 0 Å². The second-order valence-electron chi connectivity index (χ2n) is 9.48. The van der Waals surface area contributed by atoms with Crippen molar-refractivity contribution < 1.29 is 4.79 Å². The fourth-order valence-corrected chi connectivity index (χ4v) is 4.13. The third-order valence-electron chi connectivity index (χ3n) is 6.21. The van der Waals surface area contributed by atoms with Gasteiger partial charge in [-0.15, -0.1) is 12.4 Å². The molecule has 0 aromatic heterocycles. The molecule has 0 aliphatic rings. The van der Waals surface area contributed by atoms with Crippen molar-refractivity contribution >= 4 is 24.3 Å². The fraction of sp³-hybridized carbons (Fsp3) is 0.926. The highest BCUT2D eigenvalue weighted by molar-refractivity contribution is 5.85. The van der Waals surface area contributed by atoms with Gasteiger partial charge in [-0.3, -0.25) is 9.79 Å². The van der Waals surface area contributed by atoms with Crippen molar-refractivity contribution in [2.24, 2.45) is 16.5 Å². The van der Waals surface area contributed by atoms with Gasteiger partial charge in [-0.2, -0.15) is 0 Å². The summed E-state index contributed by atoms with van der Waals surface area (Å²) in [6.07, 6.45) is 28.6. The average Bonchev–Trinajstić information content (AvgIpc) is 2.77. The molecule has 5 N–H and O–H groups in total. The van der Waals surface area contributed by atoms with E-state index in [1.54, 1.807) is 0 Å². The number of hydrogen-bond acceptors (Lipinski definition) is 2. The third-order valence-corrected chi connectivity index (χ3v) is 6.21. The summed E-state index contributed by atoms with van der Waals surface area (Å²) in [5.74, 6) is 0.317. The first-order valence-electron chi connectivity index (χ1n) is 14.0. The van der Waals surface area contributed by atoms with Crippen molar-refractivity contribution in [3.63, 3.8) is 0 Å². The third kappa shape index (κ3) is 31.0. The molecule has 6 heteroatoms. The van der Waals surface area contributed by atoms with Gasteiger partial charge in [0.15, 0.2) is 5.96 Å². The van der Waals surface area contributed by atoms with E-state index in [0.717, 1.165) is 25.8 Å². The molecule has 0 spiro atoms. The summed E-state index contributed by atoms with van der Waals surface area (Å²) in [6.45, 7) is 3.64. The lowest BCUT2D eigenvalue weighted by molar-refractivity contribution is -0.121. The maximum atomic E-state index is 11.8. The fourth-order valence-electron chi connectivity index (χ4n) is 4.13. The Morgan fingerprint density at radius 1 is 0.606 bits per heavy atom. The standard InChI is InChI=1S/C27H56N4O.ClH/c1-2-3-4-5-6-7-8-9-10-11-12-13-14-15-16-17-18-19-20-23-26(32)30-24-21-22-25-31-27(28)29;/h2-25H2,1H3,(H,30,32)(H4,28,29,31);1H. The van der Waals surface area contributed by atoms with Crippen LogP contribution < -0.4 is 16.8 Å². The van der Waals surface area contributed by atoms with Crippen LogP contribution in [-0.2, 0) is 4.79 Å². The van der Waals surface area contributed by atoms with Gasteiger partial charge in [-0.1, -0.05) is 122 Å². The zero-order chi connectivity index (χ0) is 23.5. The lowest BCUT2D eigenvalue weighted by atomic mass is 10.0. The number of carbonyl (C=O) groups excluding carboxylic acids is 1. The van der Waals surface area contributed by atoms with Crippen LogP contribution in [-0.4, -0.2) is 25.0 Å². The van der Waals surface area contributed by atoms with E-state index in [2.05, 4.69) is 17.2 Å². The number of halogens is 1. The summed E-state index contributed by atoms with van der Waals surface area (Å²) < 4.78 is 0. The number of hydrogen-bond donors (Lipinski definition) is 3. The second-order valence-corrected chi connectivity index (χ2v) is 9.48. The smallest absolute Gasteiger partial charge is 0.219 e. The van der Waals surface area contributed by atoms with Gasteiger partial charge >= 0.3 is 0 Å². The van der Waals surface area contributed by atoms with Crippen LogP contribution in [0.3, 0.4) is 0 Å². The lowest BCUT2D eigenvalue weighted by Crippen LogP contribution is -2.24. The second kappa shape index (κ2) is 29.1. The molecule has 0 radical (unpaired) electrons. The van der Waals surface area contributed by atoms with E-state index in [-0.39, 0.29) is 24.3 Å². The topological polar surface area (TPSA) is 93.5 Å². The van der Waals surface area contributed by atoms with Gasteiger partial charge in [0.05, 0.1) is 0 Å². The molecule has 0 saturated carbocycles. The van der Waals surface area contributed by atoms with E-state index < -0.39 is 0 Å². The molecule has 0 aromatic carbocycles. The van der Waals surface area contributed by atoms with Crippen LogP contribution in [0, 0.1) is 0 Å². The predicted molar refractivity (Wildman–Crippen MR) is 148 cm³/mol. The molecular weight excluding hydrogens is 432 g/mol. The van der Waals surface area contributed by atoms with Crippen molar-refractivity contribution in [2.75, 3.05) is 13.1 Å². The number of unbranched alkanes of at least 4 members (excludes halogenated alkanes) is 19. The monoisotopic (exact) mass is 488 g/mol. The first-order valence-corrected chi connectivity index (χ1v) is 14.0. The van der Waals surface area contributed by atoms with Crippen molar-refractivity contribution in [3.8, 4) is 0 Å². The van der Waals surface area contributed by atoms with Gasteiger partial charge in [0, 0.05) is 19.5 Å². The Morgan fingerprint density at radius 3 is 1.39 bits per heavy atom. The zero-order valence-corrected chi connectivity index (χ0v) is 22.7. The van der Waals surface area contributed by atoms with Crippen LogP contribution in [0.1, 0.15) is 148 Å². The van der Waals surface area contributed by atoms with Gasteiger partial charge in [0.1, 0.15) is 0 Å². The Kier molecular flexibility index (Phi) is 30.1. The predicted octanol–water partition coefficient (Wildman–Crippen LogP) is 7.40. The Labute approximate surface area is 212 Å². The largest absolute Gasteiger partial charge is 0.370 e.